The minimum atomic E-state index is -0.280. The molecule has 20 heavy (non-hydrogen) atoms. The van der Waals surface area contributed by atoms with Gasteiger partial charge in [0.15, 0.2) is 0 Å². The average Bonchev–Trinajstić information content (AvgIpc) is 2.48. The second-order valence-corrected chi connectivity index (χ2v) is 5.03. The molecule has 0 radical (unpaired) electrons. The Balaban J connectivity index is 2.38. The van der Waals surface area contributed by atoms with Crippen LogP contribution in [0.25, 0.3) is 10.9 Å². The Bertz CT molecular complexity index is 548. The van der Waals surface area contributed by atoms with E-state index in [1.54, 1.807) is 6.07 Å². The molecular formula is C16H22FN3. The second kappa shape index (κ2) is 7.17. The van der Waals surface area contributed by atoms with Gasteiger partial charge < -0.3 is 4.90 Å². The summed E-state index contributed by atoms with van der Waals surface area (Å²) in [6.07, 6.45) is 5.97. The van der Waals surface area contributed by atoms with E-state index in [1.807, 2.05) is 6.07 Å². The maximum Gasteiger partial charge on any atom is 0.149 e. The number of hydrogen-bond acceptors (Lipinski definition) is 3. The molecular weight excluding hydrogens is 253 g/mol. The molecule has 0 amide bonds. The van der Waals surface area contributed by atoms with Crippen molar-refractivity contribution in [1.82, 2.24) is 9.97 Å². The van der Waals surface area contributed by atoms with E-state index >= 15 is 0 Å². The standard InChI is InChI=1S/C16H22FN3/c1-3-5-10-20(11-6-4-2)16-13-8-7-9-14(17)15(13)18-12-19-16/h7-9,12H,3-6,10-11H2,1-2H3. The fourth-order valence-electron chi connectivity index (χ4n) is 2.31. The van der Waals surface area contributed by atoms with Crippen molar-refractivity contribution in [3.8, 4) is 0 Å². The number of aromatic nitrogens is 2. The van der Waals surface area contributed by atoms with Crippen molar-refractivity contribution in [2.24, 2.45) is 0 Å². The molecule has 0 N–H and O–H groups in total. The summed E-state index contributed by atoms with van der Waals surface area (Å²) in [6.45, 7) is 6.27. The van der Waals surface area contributed by atoms with E-state index in [-0.39, 0.29) is 5.82 Å². The lowest BCUT2D eigenvalue weighted by Crippen LogP contribution is -2.26. The summed E-state index contributed by atoms with van der Waals surface area (Å²) in [6, 6.07) is 5.07. The molecule has 0 aliphatic carbocycles. The molecule has 1 aromatic carbocycles. The third kappa shape index (κ3) is 3.24. The fourth-order valence-corrected chi connectivity index (χ4v) is 2.31. The lowest BCUT2D eigenvalue weighted by Gasteiger charge is -2.24. The molecule has 0 unspecified atom stereocenters. The number of anilines is 1. The van der Waals surface area contributed by atoms with Gasteiger partial charge in [0.2, 0.25) is 0 Å². The lowest BCUT2D eigenvalue weighted by atomic mass is 10.2. The highest BCUT2D eigenvalue weighted by atomic mass is 19.1. The molecule has 1 heterocycles. The van der Waals surface area contributed by atoms with Crippen LogP contribution in [0.1, 0.15) is 39.5 Å². The van der Waals surface area contributed by atoms with Gasteiger partial charge >= 0.3 is 0 Å². The van der Waals surface area contributed by atoms with Gasteiger partial charge in [-0.05, 0) is 25.0 Å². The van der Waals surface area contributed by atoms with Crippen LogP contribution in [-0.2, 0) is 0 Å². The van der Waals surface area contributed by atoms with Gasteiger partial charge in [0, 0.05) is 18.5 Å². The molecule has 0 spiro atoms. The van der Waals surface area contributed by atoms with Gasteiger partial charge in [-0.3, -0.25) is 0 Å². The Kier molecular flexibility index (Phi) is 5.27. The first-order valence-electron chi connectivity index (χ1n) is 7.42. The molecule has 2 aromatic rings. The van der Waals surface area contributed by atoms with E-state index in [4.69, 9.17) is 0 Å². The van der Waals surface area contributed by atoms with Crippen LogP contribution >= 0.6 is 0 Å². The summed E-state index contributed by atoms with van der Waals surface area (Å²) in [5.41, 5.74) is 0.412. The van der Waals surface area contributed by atoms with E-state index in [0.717, 1.165) is 50.0 Å². The van der Waals surface area contributed by atoms with Gasteiger partial charge in [0.05, 0.1) is 0 Å². The van der Waals surface area contributed by atoms with Crippen molar-refractivity contribution in [2.45, 2.75) is 39.5 Å². The second-order valence-electron chi connectivity index (χ2n) is 5.03. The van der Waals surface area contributed by atoms with Crippen molar-refractivity contribution in [1.29, 1.82) is 0 Å². The Hall–Kier alpha value is -1.71. The van der Waals surface area contributed by atoms with E-state index in [0.29, 0.717) is 5.52 Å². The predicted molar refractivity (Wildman–Crippen MR) is 81.5 cm³/mol. The third-order valence-corrected chi connectivity index (χ3v) is 3.46. The molecule has 0 fully saturated rings. The van der Waals surface area contributed by atoms with Crippen molar-refractivity contribution >= 4 is 16.7 Å². The molecule has 0 saturated carbocycles. The first-order valence-corrected chi connectivity index (χ1v) is 7.42. The molecule has 4 heteroatoms. The smallest absolute Gasteiger partial charge is 0.149 e. The van der Waals surface area contributed by atoms with Crippen LogP contribution in [0.15, 0.2) is 24.5 Å². The zero-order valence-electron chi connectivity index (χ0n) is 12.3. The van der Waals surface area contributed by atoms with Crippen LogP contribution in [0.3, 0.4) is 0 Å². The minimum absolute atomic E-state index is 0.280. The molecule has 108 valence electrons. The van der Waals surface area contributed by atoms with E-state index in [9.17, 15) is 4.39 Å². The number of nitrogens with zero attached hydrogens (tertiary/aromatic N) is 3. The van der Waals surface area contributed by atoms with Crippen LogP contribution in [0.4, 0.5) is 10.2 Å². The zero-order valence-corrected chi connectivity index (χ0v) is 12.3. The quantitative estimate of drug-likeness (QED) is 0.759. The number of fused-ring (bicyclic) bond motifs is 1. The molecule has 3 nitrogen and oxygen atoms in total. The molecule has 0 aliphatic heterocycles. The summed E-state index contributed by atoms with van der Waals surface area (Å²) in [4.78, 5) is 10.7. The average molecular weight is 275 g/mol. The first kappa shape index (κ1) is 14.7. The summed E-state index contributed by atoms with van der Waals surface area (Å²) in [5.74, 6) is 0.577. The Morgan fingerprint density at radius 2 is 1.75 bits per heavy atom. The normalized spacial score (nSPS) is 10.9. The van der Waals surface area contributed by atoms with Crippen molar-refractivity contribution in [3.05, 3.63) is 30.3 Å². The summed E-state index contributed by atoms with van der Waals surface area (Å²) in [5, 5.41) is 0.805. The van der Waals surface area contributed by atoms with Gasteiger partial charge in [-0.15, -0.1) is 0 Å². The van der Waals surface area contributed by atoms with Crippen LogP contribution in [0, 0.1) is 5.82 Å². The van der Waals surface area contributed by atoms with Crippen molar-refractivity contribution in [3.63, 3.8) is 0 Å². The van der Waals surface area contributed by atoms with Crippen molar-refractivity contribution in [2.75, 3.05) is 18.0 Å². The number of hydrogen-bond donors (Lipinski definition) is 0. The summed E-state index contributed by atoms with van der Waals surface area (Å²) in [7, 11) is 0. The minimum Gasteiger partial charge on any atom is -0.356 e. The fraction of sp³-hybridized carbons (Fsp3) is 0.500. The maximum atomic E-state index is 13.8. The highest BCUT2D eigenvalue weighted by Crippen LogP contribution is 2.25. The van der Waals surface area contributed by atoms with Crippen molar-refractivity contribution < 1.29 is 4.39 Å². The van der Waals surface area contributed by atoms with Crippen LogP contribution < -0.4 is 4.90 Å². The molecule has 1 aromatic heterocycles. The summed E-state index contributed by atoms with van der Waals surface area (Å²) >= 11 is 0. The topological polar surface area (TPSA) is 29.0 Å². The predicted octanol–water partition coefficient (Wildman–Crippen LogP) is 4.18. The molecule has 0 atom stereocenters. The van der Waals surface area contributed by atoms with Gasteiger partial charge in [-0.2, -0.15) is 0 Å². The van der Waals surface area contributed by atoms with Crippen LogP contribution in [0.2, 0.25) is 0 Å². The lowest BCUT2D eigenvalue weighted by molar-refractivity contribution is 0.635. The van der Waals surface area contributed by atoms with Gasteiger partial charge in [-0.25, -0.2) is 14.4 Å². The SMILES string of the molecule is CCCCN(CCCC)c1ncnc2c(F)cccc12. The molecule has 0 aliphatic rings. The van der Waals surface area contributed by atoms with E-state index in [2.05, 4.69) is 28.7 Å². The highest BCUT2D eigenvalue weighted by Gasteiger charge is 2.13. The van der Waals surface area contributed by atoms with Gasteiger partial charge in [-0.1, -0.05) is 32.8 Å². The number of rotatable bonds is 7. The number of para-hydroxylation sites is 1. The Morgan fingerprint density at radius 1 is 1.05 bits per heavy atom. The van der Waals surface area contributed by atoms with Gasteiger partial charge in [0.25, 0.3) is 0 Å². The monoisotopic (exact) mass is 275 g/mol. The third-order valence-electron chi connectivity index (χ3n) is 3.46. The Labute approximate surface area is 119 Å². The number of halogens is 1. The van der Waals surface area contributed by atoms with E-state index < -0.39 is 0 Å². The number of benzene rings is 1. The molecule has 2 rings (SSSR count). The summed E-state index contributed by atoms with van der Waals surface area (Å²) < 4.78 is 13.8. The highest BCUT2D eigenvalue weighted by molar-refractivity contribution is 5.89. The number of unbranched alkanes of at least 4 members (excludes halogenated alkanes) is 2. The van der Waals surface area contributed by atoms with E-state index in [1.165, 1.54) is 12.4 Å². The first-order chi connectivity index (χ1) is 9.77. The zero-order chi connectivity index (χ0) is 14.4. The van der Waals surface area contributed by atoms with Gasteiger partial charge in [0.1, 0.15) is 23.5 Å². The molecule has 0 saturated heterocycles. The Morgan fingerprint density at radius 3 is 2.40 bits per heavy atom. The van der Waals surface area contributed by atoms with Crippen LogP contribution in [-0.4, -0.2) is 23.1 Å². The molecule has 0 bridgehead atoms. The maximum absolute atomic E-state index is 13.8. The van der Waals surface area contributed by atoms with Crippen LogP contribution in [0.5, 0.6) is 0 Å². The largest absolute Gasteiger partial charge is 0.356 e.